The van der Waals surface area contributed by atoms with Gasteiger partial charge in [0, 0.05) is 41.2 Å². The van der Waals surface area contributed by atoms with Crippen molar-refractivity contribution in [2.45, 2.75) is 44.6 Å². The number of aryl methyl sites for hydroxylation is 1. The predicted octanol–water partition coefficient (Wildman–Crippen LogP) is 6.27. The summed E-state index contributed by atoms with van der Waals surface area (Å²) in [6.45, 7) is 2.81. The Morgan fingerprint density at radius 2 is 1.73 bits per heavy atom. The number of nitrogens with one attached hydrogen (secondary N) is 1. The topological polar surface area (TPSA) is 75.2 Å². The van der Waals surface area contributed by atoms with E-state index < -0.39 is 5.54 Å². The summed E-state index contributed by atoms with van der Waals surface area (Å²) in [5, 5.41) is 4.24. The lowest BCUT2D eigenvalue weighted by Crippen LogP contribution is -2.51. The first-order chi connectivity index (χ1) is 18.0. The van der Waals surface area contributed by atoms with Crippen molar-refractivity contribution in [1.29, 1.82) is 0 Å². The van der Waals surface area contributed by atoms with Crippen molar-refractivity contribution in [2.75, 3.05) is 16.8 Å². The molecular weight excluding hydrogens is 460 g/mol. The molecule has 1 spiro atoms. The molecule has 1 aliphatic carbocycles. The molecule has 0 amide bonds. The van der Waals surface area contributed by atoms with E-state index in [1.54, 1.807) is 0 Å². The van der Waals surface area contributed by atoms with Crippen LogP contribution in [0.15, 0.2) is 79.1 Å². The van der Waals surface area contributed by atoms with Gasteiger partial charge in [0.1, 0.15) is 12.1 Å². The fraction of sp³-hybridized carbons (Fsp3) is 0.290. The van der Waals surface area contributed by atoms with Gasteiger partial charge in [0.15, 0.2) is 11.6 Å². The maximum Gasteiger partial charge on any atom is 0.166 e. The maximum atomic E-state index is 13.5. The summed E-state index contributed by atoms with van der Waals surface area (Å²) in [6.07, 6.45) is 4.99. The number of carbonyl (C=O) groups excluding carboxylic acids is 2. The summed E-state index contributed by atoms with van der Waals surface area (Å²) in [5.41, 5.74) is 4.19. The van der Waals surface area contributed by atoms with Gasteiger partial charge in [-0.2, -0.15) is 0 Å². The fourth-order valence-corrected chi connectivity index (χ4v) is 6.02. The van der Waals surface area contributed by atoms with Gasteiger partial charge >= 0.3 is 0 Å². The molecule has 186 valence electrons. The van der Waals surface area contributed by atoms with Crippen LogP contribution in [0.3, 0.4) is 0 Å². The van der Waals surface area contributed by atoms with Gasteiger partial charge in [0.05, 0.1) is 11.1 Å². The quantitative estimate of drug-likeness (QED) is 0.332. The van der Waals surface area contributed by atoms with Gasteiger partial charge in [-0.1, -0.05) is 42.0 Å². The average Bonchev–Trinajstić information content (AvgIpc) is 3.25. The minimum atomic E-state index is -0.467. The van der Waals surface area contributed by atoms with E-state index in [2.05, 4.69) is 51.4 Å². The molecule has 1 aromatic heterocycles. The largest absolute Gasteiger partial charge is 0.358 e. The standard InChI is InChI=1S/C31H30N4O2/c1-21-7-10-24(11-8-21)34-30-26-12-9-23(19-27(26)32-20-33-30)29(37)22-13-16-31(17-14-22)28(36)15-18-35(31)25-5-3-2-4-6-25/h2-12,19-20,22H,13-18H2,1H3,(H,32,33,34). The van der Waals surface area contributed by atoms with E-state index in [4.69, 9.17) is 0 Å². The van der Waals surface area contributed by atoms with Crippen molar-refractivity contribution >= 4 is 39.7 Å². The first-order valence-electron chi connectivity index (χ1n) is 13.0. The van der Waals surface area contributed by atoms with Crippen molar-refractivity contribution in [1.82, 2.24) is 9.97 Å². The van der Waals surface area contributed by atoms with Gasteiger partial charge in [0.25, 0.3) is 0 Å². The van der Waals surface area contributed by atoms with Crippen molar-refractivity contribution in [3.05, 3.63) is 90.3 Å². The maximum absolute atomic E-state index is 13.5. The summed E-state index contributed by atoms with van der Waals surface area (Å²) in [6, 6.07) is 24.0. The molecule has 6 nitrogen and oxygen atoms in total. The number of hydrogen-bond donors (Lipinski definition) is 1. The van der Waals surface area contributed by atoms with Crippen LogP contribution in [0.2, 0.25) is 0 Å². The van der Waals surface area contributed by atoms with Crippen molar-refractivity contribution in [3.8, 4) is 0 Å². The Kier molecular flexibility index (Phi) is 5.95. The van der Waals surface area contributed by atoms with Gasteiger partial charge in [-0.3, -0.25) is 9.59 Å². The van der Waals surface area contributed by atoms with Gasteiger partial charge in [-0.25, -0.2) is 9.97 Å². The lowest BCUT2D eigenvalue weighted by molar-refractivity contribution is -0.123. The fourth-order valence-electron chi connectivity index (χ4n) is 6.02. The number of rotatable bonds is 5. The molecule has 1 N–H and O–H groups in total. The number of ketones is 2. The lowest BCUT2D eigenvalue weighted by atomic mass is 9.72. The molecule has 0 radical (unpaired) electrons. The molecule has 6 rings (SSSR count). The summed E-state index contributed by atoms with van der Waals surface area (Å²) in [4.78, 5) is 37.7. The van der Waals surface area contributed by atoms with Crippen LogP contribution >= 0.6 is 0 Å². The Hall–Kier alpha value is -4.06. The number of anilines is 3. The Morgan fingerprint density at radius 1 is 0.973 bits per heavy atom. The summed E-state index contributed by atoms with van der Waals surface area (Å²) in [5.74, 6) is 1.09. The molecule has 1 saturated heterocycles. The van der Waals surface area contributed by atoms with Gasteiger partial charge in [-0.05, 0) is 69.0 Å². The summed E-state index contributed by atoms with van der Waals surface area (Å²) >= 11 is 0. The minimum absolute atomic E-state index is 0.0823. The number of para-hydroxylation sites is 1. The number of aromatic nitrogens is 2. The van der Waals surface area contributed by atoms with Crippen molar-refractivity contribution < 1.29 is 9.59 Å². The van der Waals surface area contributed by atoms with Crippen LogP contribution in [0.25, 0.3) is 10.9 Å². The molecule has 37 heavy (non-hydrogen) atoms. The monoisotopic (exact) mass is 490 g/mol. The van der Waals surface area contributed by atoms with Crippen LogP contribution < -0.4 is 10.2 Å². The molecule has 3 aromatic carbocycles. The smallest absolute Gasteiger partial charge is 0.166 e. The molecule has 2 aliphatic rings. The van der Waals surface area contributed by atoms with E-state index in [1.807, 2.05) is 48.5 Å². The predicted molar refractivity (Wildman–Crippen MR) is 146 cm³/mol. The molecule has 0 atom stereocenters. The molecule has 6 heteroatoms. The Labute approximate surface area is 216 Å². The highest BCUT2D eigenvalue weighted by Gasteiger charge is 2.50. The Morgan fingerprint density at radius 3 is 2.49 bits per heavy atom. The van der Waals surface area contributed by atoms with Crippen LogP contribution in [-0.2, 0) is 4.79 Å². The number of carbonyl (C=O) groups is 2. The molecule has 0 bridgehead atoms. The van der Waals surface area contributed by atoms with E-state index in [-0.39, 0.29) is 11.7 Å². The molecule has 1 aliphatic heterocycles. The summed E-state index contributed by atoms with van der Waals surface area (Å²) in [7, 11) is 0. The number of fused-ring (bicyclic) bond motifs is 1. The third-order valence-corrected chi connectivity index (χ3v) is 8.08. The number of nitrogens with zero attached hydrogens (tertiary/aromatic N) is 3. The molecule has 2 fully saturated rings. The third-order valence-electron chi connectivity index (χ3n) is 8.08. The lowest BCUT2D eigenvalue weighted by Gasteiger charge is -2.43. The van der Waals surface area contributed by atoms with E-state index in [9.17, 15) is 9.59 Å². The van der Waals surface area contributed by atoms with Gasteiger partial charge in [0.2, 0.25) is 0 Å². The normalized spacial score (nSPS) is 21.5. The Balaban J connectivity index is 1.20. The highest BCUT2D eigenvalue weighted by atomic mass is 16.1. The number of hydrogen-bond acceptors (Lipinski definition) is 6. The zero-order chi connectivity index (χ0) is 25.4. The average molecular weight is 491 g/mol. The zero-order valence-electron chi connectivity index (χ0n) is 21.0. The van der Waals surface area contributed by atoms with Gasteiger partial charge < -0.3 is 10.2 Å². The molecule has 1 saturated carbocycles. The van der Waals surface area contributed by atoms with Crippen LogP contribution in [0, 0.1) is 12.8 Å². The Bertz CT molecular complexity index is 1460. The van der Waals surface area contributed by atoms with Gasteiger partial charge in [-0.15, -0.1) is 0 Å². The second kappa shape index (κ2) is 9.43. The van der Waals surface area contributed by atoms with Crippen molar-refractivity contribution in [2.24, 2.45) is 5.92 Å². The molecule has 0 unspecified atom stereocenters. The minimum Gasteiger partial charge on any atom is -0.358 e. The van der Waals surface area contributed by atoms with Crippen LogP contribution in [0.5, 0.6) is 0 Å². The van der Waals surface area contributed by atoms with E-state index >= 15 is 0 Å². The van der Waals surface area contributed by atoms with E-state index in [1.165, 1.54) is 11.9 Å². The first-order valence-corrected chi connectivity index (χ1v) is 13.0. The van der Waals surface area contributed by atoms with Crippen molar-refractivity contribution in [3.63, 3.8) is 0 Å². The second-order valence-corrected chi connectivity index (χ2v) is 10.3. The SMILES string of the molecule is Cc1ccc(Nc2ncnc3cc(C(=O)C4CCC5(CC4)C(=O)CCN5c4ccccc4)ccc23)cc1. The van der Waals surface area contributed by atoms with E-state index in [0.29, 0.717) is 23.6 Å². The van der Waals surface area contributed by atoms with E-state index in [0.717, 1.165) is 54.5 Å². The number of benzene rings is 3. The van der Waals surface area contributed by atoms with Crippen LogP contribution in [-0.4, -0.2) is 33.6 Å². The van der Waals surface area contributed by atoms with Crippen LogP contribution in [0.4, 0.5) is 17.2 Å². The molecule has 2 heterocycles. The second-order valence-electron chi connectivity index (χ2n) is 10.3. The third kappa shape index (κ3) is 4.26. The van der Waals surface area contributed by atoms with Crippen LogP contribution in [0.1, 0.15) is 48.0 Å². The highest BCUT2D eigenvalue weighted by molar-refractivity contribution is 6.03. The highest BCUT2D eigenvalue weighted by Crippen LogP contribution is 2.44. The summed E-state index contributed by atoms with van der Waals surface area (Å²) < 4.78 is 0. The molecule has 4 aromatic rings. The zero-order valence-corrected chi connectivity index (χ0v) is 21.0. The first kappa shape index (κ1) is 23.3. The number of Topliss-reactive ketones (excluding diaryl/α,β-unsaturated/α-hetero) is 2. The molecular formula is C31H30N4O2.